The molecule has 2 nitrogen and oxygen atoms in total. The molecule has 0 atom stereocenters. The van der Waals surface area contributed by atoms with Crippen molar-refractivity contribution in [3.8, 4) is 5.69 Å². The highest BCUT2D eigenvalue weighted by atomic mass is 28.3. The minimum atomic E-state index is -3.00. The lowest BCUT2D eigenvalue weighted by Gasteiger charge is -2.50. The lowest BCUT2D eigenvalue weighted by atomic mass is 9.30. The largest absolute Gasteiger partial charge is 0.313 e. The van der Waals surface area contributed by atoms with Gasteiger partial charge in [0.2, 0.25) is 13.4 Å². The number of anilines is 3. The molecule has 72 heavy (non-hydrogen) atoms. The van der Waals surface area contributed by atoms with Gasteiger partial charge in [0.25, 0.3) is 0 Å². The second-order valence-corrected chi connectivity index (χ2v) is 25.7. The fraction of sp³-hybridized carbons (Fsp3) is 0. The van der Waals surface area contributed by atoms with Crippen LogP contribution in [0.4, 0.5) is 17.1 Å². The molecule has 3 aliphatic heterocycles. The Morgan fingerprint density at radius 1 is 0.347 bits per heavy atom. The Balaban J connectivity index is 1.10. The van der Waals surface area contributed by atoms with E-state index in [-0.39, 0.29) is 13.4 Å². The van der Waals surface area contributed by atoms with Crippen molar-refractivity contribution in [2.24, 2.45) is 0 Å². The van der Waals surface area contributed by atoms with Gasteiger partial charge >= 0.3 is 0 Å². The maximum Gasteiger partial charge on any atom is 0.247 e. The second kappa shape index (κ2) is 16.3. The van der Waals surface area contributed by atoms with E-state index in [1.54, 1.807) is 0 Å². The summed E-state index contributed by atoms with van der Waals surface area (Å²) in [5.74, 6) is 0. The fourth-order valence-corrected chi connectivity index (χ4v) is 21.5. The number of para-hydroxylation sites is 3. The lowest BCUT2D eigenvalue weighted by molar-refractivity contribution is 1.18. The third kappa shape index (κ3) is 5.79. The maximum absolute atomic E-state index is 3.00. The third-order valence-corrected chi connectivity index (χ3v) is 23.8. The van der Waals surface area contributed by atoms with Crippen LogP contribution >= 0.6 is 0 Å². The molecule has 0 aliphatic carbocycles. The van der Waals surface area contributed by atoms with E-state index in [1.807, 2.05) is 0 Å². The summed E-state index contributed by atoms with van der Waals surface area (Å²) in [6.07, 6.45) is 0. The third-order valence-electron chi connectivity index (χ3n) is 16.1. The topological polar surface area (TPSA) is 8.17 Å². The summed E-state index contributed by atoms with van der Waals surface area (Å²) in [6, 6.07) is 104. The van der Waals surface area contributed by atoms with Crippen LogP contribution in [0.2, 0.25) is 0 Å². The van der Waals surface area contributed by atoms with E-state index in [1.165, 1.54) is 114 Å². The van der Waals surface area contributed by atoms with Gasteiger partial charge < -0.3 is 9.47 Å². The maximum atomic E-state index is 2.71. The van der Waals surface area contributed by atoms with Gasteiger partial charge in [-0.25, -0.2) is 0 Å². The monoisotopic (exact) mass is 943 g/mol. The molecule has 6 heteroatoms. The van der Waals surface area contributed by atoms with Gasteiger partial charge in [0.1, 0.15) is 0 Å². The summed E-state index contributed by atoms with van der Waals surface area (Å²) in [7, 11) is -4.44. The van der Waals surface area contributed by atoms with E-state index >= 15 is 0 Å². The molecular weight excluding hydrogens is 899 g/mol. The Morgan fingerprint density at radius 3 is 1.60 bits per heavy atom. The van der Waals surface area contributed by atoms with Crippen LogP contribution in [0.15, 0.2) is 273 Å². The van der Waals surface area contributed by atoms with Gasteiger partial charge in [0, 0.05) is 33.5 Å². The first-order chi connectivity index (χ1) is 35.8. The Bertz CT molecular complexity index is 3990. The summed E-state index contributed by atoms with van der Waals surface area (Å²) in [4.78, 5) is 2.71. The van der Waals surface area contributed by atoms with E-state index in [0.717, 1.165) is 0 Å². The van der Waals surface area contributed by atoms with Crippen LogP contribution in [0.5, 0.6) is 0 Å². The first-order valence-corrected chi connectivity index (χ1v) is 28.8. The van der Waals surface area contributed by atoms with Crippen LogP contribution < -0.4 is 74.0 Å². The molecule has 11 aromatic carbocycles. The molecule has 0 saturated heterocycles. The second-order valence-electron chi connectivity index (χ2n) is 19.6. The zero-order chi connectivity index (χ0) is 47.3. The van der Waals surface area contributed by atoms with Gasteiger partial charge in [-0.2, -0.15) is 0 Å². The zero-order valence-electron chi connectivity index (χ0n) is 39.5. The first kappa shape index (κ1) is 41.4. The van der Waals surface area contributed by atoms with E-state index in [4.69, 9.17) is 0 Å². The van der Waals surface area contributed by atoms with Gasteiger partial charge in [0.05, 0.1) is 11.0 Å². The summed E-state index contributed by atoms with van der Waals surface area (Å²) in [6.45, 7) is -0.0624. The number of nitrogens with zero attached hydrogens (tertiary/aromatic N) is 2. The molecule has 0 N–H and O–H groups in total. The summed E-state index contributed by atoms with van der Waals surface area (Å²) < 4.78 is 2.50. The van der Waals surface area contributed by atoms with Crippen molar-refractivity contribution in [3.63, 3.8) is 0 Å². The van der Waals surface area contributed by atoms with Crippen molar-refractivity contribution in [2.75, 3.05) is 4.90 Å². The standard InChI is InChI=1S/C66H45B2N2Si2/c1-6-24-46(25-7-1)69-56-38-20-16-34-51(56)63-58(69)43-44-59-64(63)68-54-37-19-23-41-61(54)72(49-30-12-4-13-31-49,50-32-14-5-15-33-50)62-45-42-55-66(65(62)68)70(59)57-39-21-17-35-52(57)67(55)53-36-18-22-40-60(53)71(47-26-8-2-9-27-47)48-28-10-3-11-29-48/h1-45H. The normalized spacial score (nSPS) is 13.7. The van der Waals surface area contributed by atoms with Gasteiger partial charge in [-0.1, -0.05) is 263 Å². The Kier molecular flexibility index (Phi) is 9.38. The highest BCUT2D eigenvalue weighted by molar-refractivity contribution is 7.27. The van der Waals surface area contributed by atoms with Crippen LogP contribution in [-0.4, -0.2) is 34.9 Å². The molecule has 1 radical (unpaired) electrons. The van der Waals surface area contributed by atoms with Crippen molar-refractivity contribution < 1.29 is 0 Å². The average Bonchev–Trinajstić information content (AvgIpc) is 3.80. The van der Waals surface area contributed by atoms with Crippen LogP contribution in [0.3, 0.4) is 0 Å². The molecule has 0 unspecified atom stereocenters. The summed E-state index contributed by atoms with van der Waals surface area (Å²) in [5.41, 5.74) is 15.8. The van der Waals surface area contributed by atoms with E-state index < -0.39 is 16.9 Å². The SMILES string of the molecule is c1ccc(-n2c3ccccc3c3c4c(ccc32)N2c3ccccc3B(c3ccccc3[Si](c3ccccc3)c3ccccc3)c3ccc5c(c32)B4c2ccccc2[Si]5(c2ccccc2)c2ccccc2)cc1. The van der Waals surface area contributed by atoms with Crippen molar-refractivity contribution in [2.45, 2.75) is 0 Å². The van der Waals surface area contributed by atoms with Crippen LogP contribution in [-0.2, 0) is 0 Å². The molecule has 0 spiro atoms. The molecule has 1 aromatic heterocycles. The molecule has 0 saturated carbocycles. The zero-order valence-corrected chi connectivity index (χ0v) is 41.5. The van der Waals surface area contributed by atoms with Gasteiger partial charge in [-0.3, -0.25) is 0 Å². The van der Waals surface area contributed by atoms with Gasteiger partial charge in [-0.15, -0.1) is 0 Å². The molecule has 4 heterocycles. The molecule has 333 valence electrons. The minimum absolute atomic E-state index is 0.0195. The number of fused-ring (bicyclic) bond motifs is 11. The van der Waals surface area contributed by atoms with Crippen LogP contribution in [0.25, 0.3) is 27.5 Å². The van der Waals surface area contributed by atoms with Crippen molar-refractivity contribution in [1.82, 2.24) is 4.57 Å². The minimum Gasteiger partial charge on any atom is -0.313 e. The van der Waals surface area contributed by atoms with E-state index in [0.29, 0.717) is 0 Å². The van der Waals surface area contributed by atoms with Crippen LogP contribution in [0.1, 0.15) is 0 Å². The molecule has 0 bridgehead atoms. The number of aromatic nitrogens is 1. The Labute approximate surface area is 423 Å². The molecular formula is C66H45B2N2Si2. The van der Waals surface area contributed by atoms with Gasteiger partial charge in [0.15, 0.2) is 16.9 Å². The van der Waals surface area contributed by atoms with Crippen LogP contribution in [0, 0.1) is 0 Å². The Morgan fingerprint density at radius 2 is 0.903 bits per heavy atom. The average molecular weight is 944 g/mol. The quantitative estimate of drug-likeness (QED) is 0.138. The summed E-state index contributed by atoms with van der Waals surface area (Å²) in [5, 5.41) is 12.6. The predicted molar refractivity (Wildman–Crippen MR) is 312 cm³/mol. The van der Waals surface area contributed by atoms with Gasteiger partial charge in [-0.05, 0) is 79.0 Å². The molecule has 0 amide bonds. The molecule has 15 rings (SSSR count). The highest BCUT2D eigenvalue weighted by Gasteiger charge is 2.55. The number of rotatable bonds is 7. The van der Waals surface area contributed by atoms with E-state index in [9.17, 15) is 0 Å². The number of hydrogen-bond donors (Lipinski definition) is 0. The molecule has 0 fully saturated rings. The summed E-state index contributed by atoms with van der Waals surface area (Å²) >= 11 is 0. The lowest BCUT2D eigenvalue weighted by Crippen LogP contribution is -2.88. The highest BCUT2D eigenvalue weighted by Crippen LogP contribution is 2.42. The molecule has 12 aromatic rings. The Hall–Kier alpha value is -8.42. The van der Waals surface area contributed by atoms with Crippen molar-refractivity contribution in [3.05, 3.63) is 273 Å². The van der Waals surface area contributed by atoms with Crippen molar-refractivity contribution in [1.29, 1.82) is 0 Å². The number of hydrogen-bond acceptors (Lipinski definition) is 1. The smallest absolute Gasteiger partial charge is 0.247 e. The predicted octanol–water partition coefficient (Wildman–Crippen LogP) is 6.12. The van der Waals surface area contributed by atoms with Crippen molar-refractivity contribution >= 4 is 138 Å². The number of benzene rings is 11. The van der Waals surface area contributed by atoms with E-state index in [2.05, 4.69) is 282 Å². The first-order valence-electron chi connectivity index (χ1n) is 25.3. The molecule has 3 aliphatic rings. The fourth-order valence-electron chi connectivity index (χ4n) is 13.5.